The molecule has 36 heavy (non-hydrogen) atoms. The third-order valence-corrected chi connectivity index (χ3v) is 6.01. The zero-order valence-corrected chi connectivity index (χ0v) is 20.7. The molecule has 11 heteroatoms. The molecule has 0 spiro atoms. The van der Waals surface area contributed by atoms with Crippen LogP contribution < -0.4 is 16.0 Å². The minimum Gasteiger partial charge on any atom is -0.441 e. The van der Waals surface area contributed by atoms with Gasteiger partial charge in [-0.2, -0.15) is 10.1 Å². The number of nitrogens with zero attached hydrogens (tertiary/aromatic N) is 6. The third kappa shape index (κ3) is 5.10. The molecule has 186 valence electrons. The van der Waals surface area contributed by atoms with E-state index in [2.05, 4.69) is 47.1 Å². The Hall–Kier alpha value is -4.12. The molecule has 0 aliphatic carbocycles. The number of oxazole rings is 1. The lowest BCUT2D eigenvalue weighted by Gasteiger charge is -2.19. The molecule has 0 bridgehead atoms. The molecule has 0 fully saturated rings. The highest BCUT2D eigenvalue weighted by molar-refractivity contribution is 5.90. The first-order valence-corrected chi connectivity index (χ1v) is 11.8. The standard InChI is InChI=1S/C25H29N9O2/c1-25(2,3)20-13-36-23(32-20)22(35)31-19-7-8-26-10-16-9-15(5-6-18(16)19)21-27-14-28-24(33-21)30-17-11-29-34(4)12-17/h5-6,9,11-14,19,26H,7-8,10H2,1-4H3,(H,31,35)(H,27,28,30,33). The lowest BCUT2D eigenvalue weighted by Crippen LogP contribution is -2.30. The van der Waals surface area contributed by atoms with Gasteiger partial charge in [0.25, 0.3) is 5.89 Å². The fraction of sp³-hybridized carbons (Fsp3) is 0.360. The normalized spacial score (nSPS) is 15.7. The molecule has 0 saturated heterocycles. The van der Waals surface area contributed by atoms with Gasteiger partial charge in [-0.05, 0) is 30.2 Å². The Morgan fingerprint density at radius 1 is 1.22 bits per heavy atom. The maximum Gasteiger partial charge on any atom is 0.307 e. The molecule has 0 saturated carbocycles. The van der Waals surface area contributed by atoms with Crippen LogP contribution in [0.1, 0.15) is 60.7 Å². The number of nitrogens with one attached hydrogen (secondary N) is 3. The summed E-state index contributed by atoms with van der Waals surface area (Å²) in [5.74, 6) is 0.746. The minimum absolute atomic E-state index is 0.0779. The molecule has 1 aliphatic heterocycles. The SMILES string of the molecule is Cn1cc(Nc2ncnc(-c3ccc4c(c3)CNCCC4NC(=O)c3nc(C(C)(C)C)co3)n2)cn1. The van der Waals surface area contributed by atoms with Crippen LogP contribution in [0.5, 0.6) is 0 Å². The van der Waals surface area contributed by atoms with Gasteiger partial charge < -0.3 is 20.4 Å². The molecule has 11 nitrogen and oxygen atoms in total. The summed E-state index contributed by atoms with van der Waals surface area (Å²) < 4.78 is 7.17. The van der Waals surface area contributed by atoms with E-state index >= 15 is 0 Å². The third-order valence-electron chi connectivity index (χ3n) is 6.01. The molecule has 4 aromatic rings. The summed E-state index contributed by atoms with van der Waals surface area (Å²) in [6, 6.07) is 5.87. The Labute approximate surface area is 208 Å². The minimum atomic E-state index is -0.323. The summed E-state index contributed by atoms with van der Waals surface area (Å²) in [6.07, 6.45) is 7.32. The van der Waals surface area contributed by atoms with Crippen LogP contribution in [0.25, 0.3) is 11.4 Å². The number of hydrogen-bond donors (Lipinski definition) is 3. The van der Waals surface area contributed by atoms with Gasteiger partial charge in [0.1, 0.15) is 12.6 Å². The van der Waals surface area contributed by atoms with E-state index in [0.29, 0.717) is 18.3 Å². The number of anilines is 2. The van der Waals surface area contributed by atoms with E-state index in [1.54, 1.807) is 17.1 Å². The lowest BCUT2D eigenvalue weighted by molar-refractivity contribution is 0.0900. The van der Waals surface area contributed by atoms with E-state index in [0.717, 1.165) is 41.0 Å². The average molecular weight is 488 g/mol. The highest BCUT2D eigenvalue weighted by atomic mass is 16.4. The number of carbonyl (C=O) groups is 1. The van der Waals surface area contributed by atoms with Crippen LogP contribution in [0, 0.1) is 0 Å². The van der Waals surface area contributed by atoms with Crippen molar-refractivity contribution in [2.75, 3.05) is 11.9 Å². The van der Waals surface area contributed by atoms with E-state index in [9.17, 15) is 4.79 Å². The van der Waals surface area contributed by atoms with Gasteiger partial charge in [-0.25, -0.2) is 15.0 Å². The van der Waals surface area contributed by atoms with Gasteiger partial charge in [0.15, 0.2) is 5.82 Å². The zero-order valence-electron chi connectivity index (χ0n) is 20.7. The van der Waals surface area contributed by atoms with E-state index in [-0.39, 0.29) is 23.3 Å². The fourth-order valence-electron chi connectivity index (χ4n) is 4.07. The van der Waals surface area contributed by atoms with E-state index in [1.807, 2.05) is 46.1 Å². The number of benzene rings is 1. The summed E-state index contributed by atoms with van der Waals surface area (Å²) >= 11 is 0. The number of carbonyl (C=O) groups excluding carboxylic acids is 1. The summed E-state index contributed by atoms with van der Waals surface area (Å²) in [5.41, 5.74) is 4.32. The van der Waals surface area contributed by atoms with Gasteiger partial charge in [0.2, 0.25) is 5.95 Å². The number of amides is 1. The molecule has 5 rings (SSSR count). The van der Waals surface area contributed by atoms with Crippen LogP contribution in [0.15, 0.2) is 47.6 Å². The van der Waals surface area contributed by atoms with Gasteiger partial charge in [-0.1, -0.05) is 32.9 Å². The van der Waals surface area contributed by atoms with Crippen molar-refractivity contribution in [3.63, 3.8) is 0 Å². The van der Waals surface area contributed by atoms with Crippen LogP contribution >= 0.6 is 0 Å². The Balaban J connectivity index is 1.36. The van der Waals surface area contributed by atoms with Crippen LogP contribution in [0.2, 0.25) is 0 Å². The van der Waals surface area contributed by atoms with E-state index in [1.165, 1.54) is 6.33 Å². The molecule has 1 aliphatic rings. The summed E-state index contributed by atoms with van der Waals surface area (Å²) in [6.45, 7) is 7.53. The molecule has 3 aromatic heterocycles. The summed E-state index contributed by atoms with van der Waals surface area (Å²) in [7, 11) is 1.84. The van der Waals surface area contributed by atoms with Crippen LogP contribution in [0.3, 0.4) is 0 Å². The fourth-order valence-corrected chi connectivity index (χ4v) is 4.07. The molecule has 0 radical (unpaired) electrons. The second kappa shape index (κ2) is 9.50. The summed E-state index contributed by atoms with van der Waals surface area (Å²) in [4.78, 5) is 30.5. The topological polar surface area (TPSA) is 136 Å². The number of aryl methyl sites for hydroxylation is 1. The highest BCUT2D eigenvalue weighted by Gasteiger charge is 2.26. The zero-order chi connectivity index (χ0) is 25.3. The van der Waals surface area contributed by atoms with Gasteiger partial charge in [0.05, 0.1) is 23.6 Å². The first-order valence-electron chi connectivity index (χ1n) is 11.8. The van der Waals surface area contributed by atoms with Crippen LogP contribution in [-0.2, 0) is 19.0 Å². The quantitative estimate of drug-likeness (QED) is 0.387. The van der Waals surface area contributed by atoms with Gasteiger partial charge in [-0.3, -0.25) is 9.48 Å². The Kier molecular flexibility index (Phi) is 6.23. The van der Waals surface area contributed by atoms with Gasteiger partial charge in [0, 0.05) is 30.8 Å². The van der Waals surface area contributed by atoms with E-state index in [4.69, 9.17) is 4.42 Å². The second-order valence-electron chi connectivity index (χ2n) is 9.85. The van der Waals surface area contributed by atoms with Gasteiger partial charge in [-0.15, -0.1) is 0 Å². The van der Waals surface area contributed by atoms with Crippen molar-refractivity contribution >= 4 is 17.5 Å². The first kappa shape index (κ1) is 23.6. The van der Waals surface area contributed by atoms with Crippen molar-refractivity contribution < 1.29 is 9.21 Å². The lowest BCUT2D eigenvalue weighted by atomic mass is 9.93. The molecule has 3 N–H and O–H groups in total. The number of rotatable bonds is 5. The smallest absolute Gasteiger partial charge is 0.307 e. The molecule has 1 atom stereocenters. The van der Waals surface area contributed by atoms with Crippen molar-refractivity contribution in [2.45, 2.75) is 45.2 Å². The molecular weight excluding hydrogens is 458 g/mol. The van der Waals surface area contributed by atoms with Crippen molar-refractivity contribution in [2.24, 2.45) is 7.05 Å². The maximum atomic E-state index is 12.9. The van der Waals surface area contributed by atoms with Crippen molar-refractivity contribution in [1.29, 1.82) is 0 Å². The Bertz CT molecular complexity index is 1390. The second-order valence-corrected chi connectivity index (χ2v) is 9.85. The van der Waals surface area contributed by atoms with Gasteiger partial charge >= 0.3 is 5.91 Å². The predicted molar refractivity (Wildman–Crippen MR) is 133 cm³/mol. The van der Waals surface area contributed by atoms with Crippen molar-refractivity contribution in [3.05, 3.63) is 65.9 Å². The largest absolute Gasteiger partial charge is 0.441 e. The van der Waals surface area contributed by atoms with Crippen LogP contribution in [-0.4, -0.2) is 42.2 Å². The predicted octanol–water partition coefficient (Wildman–Crippen LogP) is 3.27. The Morgan fingerprint density at radius 2 is 2.08 bits per heavy atom. The van der Waals surface area contributed by atoms with Crippen molar-refractivity contribution in [1.82, 2.24) is 40.3 Å². The maximum absolute atomic E-state index is 12.9. The molecule has 1 aromatic carbocycles. The van der Waals surface area contributed by atoms with E-state index < -0.39 is 0 Å². The number of fused-ring (bicyclic) bond motifs is 1. The first-order chi connectivity index (χ1) is 17.3. The number of hydrogen-bond acceptors (Lipinski definition) is 9. The highest BCUT2D eigenvalue weighted by Crippen LogP contribution is 2.29. The summed E-state index contributed by atoms with van der Waals surface area (Å²) in [5, 5.41) is 13.8. The average Bonchev–Trinajstić information content (AvgIpc) is 3.46. The Morgan fingerprint density at radius 3 is 2.83 bits per heavy atom. The molecular formula is C25H29N9O2. The monoisotopic (exact) mass is 487 g/mol. The molecule has 4 heterocycles. The molecule has 1 unspecified atom stereocenters. The molecule has 1 amide bonds. The number of aromatic nitrogens is 6. The van der Waals surface area contributed by atoms with Crippen LogP contribution in [0.4, 0.5) is 11.6 Å². The van der Waals surface area contributed by atoms with Crippen molar-refractivity contribution in [3.8, 4) is 11.4 Å².